The molecule has 4 aromatic rings. The molecule has 0 radical (unpaired) electrons. The number of halogens is 1. The zero-order valence-corrected chi connectivity index (χ0v) is 21.0. The van der Waals surface area contributed by atoms with Gasteiger partial charge in [-0.1, -0.05) is 55.1 Å². The Bertz CT molecular complexity index is 1350. The standard InChI is InChI=1S/C27H31ClN8/c28-23-18-20(10-11-24(23)35-16-14-34(15-17-35)21-7-2-1-3-8-21)31-27-32-26(29)36(33-27)25-22-9-5-4-6-19(22)12-13-30-25/h4-6,9-13,18,21H,1-3,7-8,14-17H2,(H3,29,31,32,33). The Morgan fingerprint density at radius 2 is 1.75 bits per heavy atom. The third kappa shape index (κ3) is 4.58. The molecule has 186 valence electrons. The Morgan fingerprint density at radius 1 is 0.944 bits per heavy atom. The number of hydrogen-bond donors (Lipinski definition) is 2. The molecule has 1 aliphatic heterocycles. The van der Waals surface area contributed by atoms with Crippen LogP contribution < -0.4 is 16.0 Å². The average Bonchev–Trinajstić information content (AvgIpc) is 3.28. The van der Waals surface area contributed by atoms with Gasteiger partial charge in [0.25, 0.3) is 0 Å². The number of anilines is 4. The molecule has 36 heavy (non-hydrogen) atoms. The summed E-state index contributed by atoms with van der Waals surface area (Å²) in [6.07, 6.45) is 8.61. The summed E-state index contributed by atoms with van der Waals surface area (Å²) < 4.78 is 1.56. The van der Waals surface area contributed by atoms with Gasteiger partial charge in [0.2, 0.25) is 11.9 Å². The fourth-order valence-electron chi connectivity index (χ4n) is 5.55. The molecule has 0 bridgehead atoms. The van der Waals surface area contributed by atoms with Crippen molar-refractivity contribution in [3.63, 3.8) is 0 Å². The van der Waals surface area contributed by atoms with Gasteiger partial charge < -0.3 is 16.0 Å². The minimum atomic E-state index is 0.264. The normalized spacial score (nSPS) is 17.5. The average molecular weight is 503 g/mol. The maximum absolute atomic E-state index is 6.74. The number of hydrogen-bond acceptors (Lipinski definition) is 7. The maximum Gasteiger partial charge on any atom is 0.248 e. The number of nitrogens with zero attached hydrogens (tertiary/aromatic N) is 6. The monoisotopic (exact) mass is 502 g/mol. The van der Waals surface area contributed by atoms with Gasteiger partial charge in [-0.05, 0) is 42.5 Å². The van der Waals surface area contributed by atoms with E-state index in [9.17, 15) is 0 Å². The van der Waals surface area contributed by atoms with E-state index in [1.807, 2.05) is 42.5 Å². The van der Waals surface area contributed by atoms with Crippen LogP contribution in [0.25, 0.3) is 16.6 Å². The number of fused-ring (bicyclic) bond motifs is 1. The van der Waals surface area contributed by atoms with Gasteiger partial charge in [0.1, 0.15) is 0 Å². The van der Waals surface area contributed by atoms with Gasteiger partial charge in [-0.15, -0.1) is 5.10 Å². The molecule has 1 aliphatic carbocycles. The molecular formula is C27H31ClN8. The first-order valence-electron chi connectivity index (χ1n) is 12.8. The summed E-state index contributed by atoms with van der Waals surface area (Å²) in [6.45, 7) is 4.21. The Kier molecular flexibility index (Phi) is 6.37. The number of benzene rings is 2. The molecule has 3 N–H and O–H groups in total. The molecule has 9 heteroatoms. The van der Waals surface area contributed by atoms with E-state index in [2.05, 4.69) is 36.2 Å². The fraction of sp³-hybridized carbons (Fsp3) is 0.370. The van der Waals surface area contributed by atoms with E-state index in [1.54, 1.807) is 10.9 Å². The third-order valence-corrected chi connectivity index (χ3v) is 7.74. The molecule has 0 atom stereocenters. The second-order valence-electron chi connectivity index (χ2n) is 9.67. The van der Waals surface area contributed by atoms with Gasteiger partial charge in [0.05, 0.1) is 10.7 Å². The van der Waals surface area contributed by atoms with Crippen LogP contribution in [-0.2, 0) is 0 Å². The molecule has 1 saturated heterocycles. The van der Waals surface area contributed by atoms with Crippen LogP contribution in [0.5, 0.6) is 0 Å². The maximum atomic E-state index is 6.74. The number of piperazine rings is 1. The molecule has 2 aromatic heterocycles. The Hall–Kier alpha value is -3.36. The summed E-state index contributed by atoms with van der Waals surface area (Å²) in [6, 6.07) is 16.8. The molecule has 3 heterocycles. The van der Waals surface area contributed by atoms with Crippen molar-refractivity contribution in [2.24, 2.45) is 0 Å². The van der Waals surface area contributed by atoms with Crippen LogP contribution in [0.1, 0.15) is 32.1 Å². The highest BCUT2D eigenvalue weighted by Crippen LogP contribution is 2.32. The highest BCUT2D eigenvalue weighted by atomic mass is 35.5. The van der Waals surface area contributed by atoms with Crippen molar-refractivity contribution in [2.45, 2.75) is 38.1 Å². The summed E-state index contributed by atoms with van der Waals surface area (Å²) in [5.41, 5.74) is 8.09. The van der Waals surface area contributed by atoms with Crippen molar-refractivity contribution < 1.29 is 0 Å². The quantitative estimate of drug-likeness (QED) is 0.385. The van der Waals surface area contributed by atoms with E-state index in [1.165, 1.54) is 32.1 Å². The molecule has 2 aromatic carbocycles. The highest BCUT2D eigenvalue weighted by molar-refractivity contribution is 6.33. The molecule has 6 rings (SSSR count). The van der Waals surface area contributed by atoms with Gasteiger partial charge in [0, 0.05) is 49.5 Å². The van der Waals surface area contributed by atoms with E-state index in [-0.39, 0.29) is 5.95 Å². The zero-order valence-electron chi connectivity index (χ0n) is 20.3. The first-order chi connectivity index (χ1) is 17.7. The predicted octanol–water partition coefficient (Wildman–Crippen LogP) is 5.25. The van der Waals surface area contributed by atoms with Crippen LogP contribution in [0.3, 0.4) is 0 Å². The minimum absolute atomic E-state index is 0.264. The van der Waals surface area contributed by atoms with Gasteiger partial charge in [0.15, 0.2) is 5.82 Å². The molecular weight excluding hydrogens is 472 g/mol. The minimum Gasteiger partial charge on any atom is -0.368 e. The van der Waals surface area contributed by atoms with E-state index in [4.69, 9.17) is 17.3 Å². The molecule has 0 amide bonds. The molecule has 0 spiro atoms. The van der Waals surface area contributed by atoms with Crippen molar-refractivity contribution in [3.8, 4) is 5.82 Å². The molecule has 2 aliphatic rings. The van der Waals surface area contributed by atoms with Gasteiger partial charge >= 0.3 is 0 Å². The SMILES string of the molecule is Nc1nc(Nc2ccc(N3CCN(C4CCCCC4)CC3)c(Cl)c2)nn1-c1nccc2ccccc12. The number of pyridine rings is 1. The predicted molar refractivity (Wildman–Crippen MR) is 146 cm³/mol. The second-order valence-corrected chi connectivity index (χ2v) is 10.1. The van der Waals surface area contributed by atoms with E-state index in [0.29, 0.717) is 16.8 Å². The van der Waals surface area contributed by atoms with Crippen LogP contribution in [0, 0.1) is 0 Å². The molecule has 1 saturated carbocycles. The Balaban J connectivity index is 1.15. The van der Waals surface area contributed by atoms with Crippen molar-refractivity contribution in [3.05, 3.63) is 59.8 Å². The van der Waals surface area contributed by atoms with Crippen LogP contribution in [0.4, 0.5) is 23.3 Å². The van der Waals surface area contributed by atoms with E-state index in [0.717, 1.165) is 54.4 Å². The summed E-state index contributed by atoms with van der Waals surface area (Å²) in [5.74, 6) is 1.30. The van der Waals surface area contributed by atoms with Crippen molar-refractivity contribution >= 4 is 45.6 Å². The second kappa shape index (κ2) is 9.95. The summed E-state index contributed by atoms with van der Waals surface area (Å²) >= 11 is 6.74. The zero-order chi connectivity index (χ0) is 24.5. The van der Waals surface area contributed by atoms with Crippen molar-refractivity contribution in [2.75, 3.05) is 42.1 Å². The van der Waals surface area contributed by atoms with Crippen LogP contribution in [0.2, 0.25) is 5.02 Å². The van der Waals surface area contributed by atoms with E-state index < -0.39 is 0 Å². The van der Waals surface area contributed by atoms with E-state index >= 15 is 0 Å². The van der Waals surface area contributed by atoms with Gasteiger partial charge in [-0.25, -0.2) is 4.98 Å². The Morgan fingerprint density at radius 3 is 2.56 bits per heavy atom. The number of aromatic nitrogens is 4. The lowest BCUT2D eigenvalue weighted by Gasteiger charge is -2.41. The first-order valence-corrected chi connectivity index (χ1v) is 13.2. The molecule has 2 fully saturated rings. The summed E-state index contributed by atoms with van der Waals surface area (Å²) in [7, 11) is 0. The summed E-state index contributed by atoms with van der Waals surface area (Å²) in [4.78, 5) is 14.0. The van der Waals surface area contributed by atoms with Gasteiger partial charge in [-0.3, -0.25) is 4.90 Å². The van der Waals surface area contributed by atoms with Gasteiger partial charge in [-0.2, -0.15) is 9.67 Å². The van der Waals surface area contributed by atoms with Crippen LogP contribution in [-0.4, -0.2) is 56.9 Å². The largest absolute Gasteiger partial charge is 0.368 e. The molecule has 0 unspecified atom stereocenters. The smallest absolute Gasteiger partial charge is 0.248 e. The van der Waals surface area contributed by atoms with Crippen molar-refractivity contribution in [1.82, 2.24) is 24.6 Å². The van der Waals surface area contributed by atoms with Crippen LogP contribution in [0.15, 0.2) is 54.7 Å². The highest BCUT2D eigenvalue weighted by Gasteiger charge is 2.26. The number of rotatable bonds is 5. The number of nitrogens with one attached hydrogen (secondary N) is 1. The lowest BCUT2D eigenvalue weighted by atomic mass is 9.94. The fourth-order valence-corrected chi connectivity index (χ4v) is 5.85. The first kappa shape index (κ1) is 23.1. The number of nitrogens with two attached hydrogens (primary N) is 1. The lowest BCUT2D eigenvalue weighted by Crippen LogP contribution is -2.50. The summed E-state index contributed by atoms with van der Waals surface area (Å²) in [5, 5.41) is 10.5. The lowest BCUT2D eigenvalue weighted by molar-refractivity contribution is 0.148. The number of nitrogen functional groups attached to an aromatic ring is 1. The topological polar surface area (TPSA) is 88.1 Å². The third-order valence-electron chi connectivity index (χ3n) is 7.44. The van der Waals surface area contributed by atoms with Crippen LogP contribution >= 0.6 is 11.6 Å². The Labute approximate surface area is 216 Å². The van der Waals surface area contributed by atoms with Crippen molar-refractivity contribution in [1.29, 1.82) is 0 Å². The molecule has 8 nitrogen and oxygen atoms in total.